The molecule has 1 aromatic carbocycles. The van der Waals surface area contributed by atoms with Gasteiger partial charge in [-0.2, -0.15) is 0 Å². The van der Waals surface area contributed by atoms with E-state index in [0.29, 0.717) is 11.8 Å². The minimum absolute atomic E-state index is 0.0149. The van der Waals surface area contributed by atoms with Crippen molar-refractivity contribution in [2.75, 3.05) is 18.4 Å². The Kier molecular flexibility index (Phi) is 5.40. The van der Waals surface area contributed by atoms with Gasteiger partial charge in [0.05, 0.1) is 13.1 Å². The van der Waals surface area contributed by atoms with Crippen molar-refractivity contribution in [2.45, 2.75) is 46.6 Å². The van der Waals surface area contributed by atoms with Crippen LogP contribution in [0.15, 0.2) is 24.3 Å². The van der Waals surface area contributed by atoms with Crippen LogP contribution in [0.5, 0.6) is 0 Å². The molecule has 0 saturated carbocycles. The van der Waals surface area contributed by atoms with Crippen LogP contribution < -0.4 is 10.2 Å². The summed E-state index contributed by atoms with van der Waals surface area (Å²) in [6.07, 6.45) is 2.31. The first-order valence-electron chi connectivity index (χ1n) is 8.24. The number of hydrogen-bond donors (Lipinski definition) is 2. The van der Waals surface area contributed by atoms with Crippen LogP contribution in [-0.2, 0) is 11.2 Å². The maximum absolute atomic E-state index is 12.4. The summed E-state index contributed by atoms with van der Waals surface area (Å²) in [5.74, 6) is 1.56. The zero-order valence-corrected chi connectivity index (χ0v) is 13.8. The van der Waals surface area contributed by atoms with E-state index in [1.165, 1.54) is 16.9 Å². The predicted octanol–water partition coefficient (Wildman–Crippen LogP) is 2.14. The SMILES string of the molecule is CCc1ccc(NC(=O)[C@@H](C)[NH+]2C[C@H](C)C[C@H](C)C2)cc1. The van der Waals surface area contributed by atoms with Crippen LogP contribution in [-0.4, -0.2) is 25.0 Å². The Balaban J connectivity index is 1.95. The van der Waals surface area contributed by atoms with Crippen LogP contribution in [0, 0.1) is 11.8 Å². The molecule has 3 nitrogen and oxygen atoms in total. The van der Waals surface area contributed by atoms with Crippen LogP contribution in [0.4, 0.5) is 5.69 Å². The van der Waals surface area contributed by atoms with Crippen molar-refractivity contribution in [3.05, 3.63) is 29.8 Å². The van der Waals surface area contributed by atoms with Gasteiger partial charge in [-0.1, -0.05) is 32.9 Å². The van der Waals surface area contributed by atoms with Crippen molar-refractivity contribution in [3.8, 4) is 0 Å². The van der Waals surface area contributed by atoms with Gasteiger partial charge in [0.2, 0.25) is 0 Å². The lowest BCUT2D eigenvalue weighted by atomic mass is 9.91. The molecule has 0 aliphatic carbocycles. The van der Waals surface area contributed by atoms with Crippen molar-refractivity contribution in [2.24, 2.45) is 11.8 Å². The average Bonchev–Trinajstić information content (AvgIpc) is 2.46. The molecule has 2 N–H and O–H groups in total. The van der Waals surface area contributed by atoms with Crippen molar-refractivity contribution < 1.29 is 9.69 Å². The number of hydrogen-bond acceptors (Lipinski definition) is 1. The van der Waals surface area contributed by atoms with E-state index in [1.54, 1.807) is 0 Å². The summed E-state index contributed by atoms with van der Waals surface area (Å²) in [7, 11) is 0. The second-order valence-corrected chi connectivity index (χ2v) is 6.77. The average molecular weight is 289 g/mol. The zero-order chi connectivity index (χ0) is 15.4. The summed E-state index contributed by atoms with van der Waals surface area (Å²) >= 11 is 0. The van der Waals surface area contributed by atoms with E-state index in [9.17, 15) is 4.79 Å². The summed E-state index contributed by atoms with van der Waals surface area (Å²) in [6, 6.07) is 8.18. The highest BCUT2D eigenvalue weighted by molar-refractivity contribution is 5.93. The smallest absolute Gasteiger partial charge is 0.282 e. The van der Waals surface area contributed by atoms with E-state index in [1.807, 2.05) is 12.1 Å². The highest BCUT2D eigenvalue weighted by atomic mass is 16.2. The lowest BCUT2D eigenvalue weighted by Crippen LogP contribution is -3.18. The first-order chi connectivity index (χ1) is 9.99. The van der Waals surface area contributed by atoms with E-state index in [2.05, 4.69) is 45.1 Å². The van der Waals surface area contributed by atoms with Gasteiger partial charge in [-0.05, 0) is 37.5 Å². The molecule has 1 saturated heterocycles. The molecule has 1 aromatic rings. The fourth-order valence-corrected chi connectivity index (χ4v) is 3.45. The van der Waals surface area contributed by atoms with E-state index in [4.69, 9.17) is 0 Å². The molecule has 1 amide bonds. The van der Waals surface area contributed by atoms with E-state index in [-0.39, 0.29) is 11.9 Å². The molecule has 4 atom stereocenters. The number of amides is 1. The van der Waals surface area contributed by atoms with Gasteiger partial charge < -0.3 is 10.2 Å². The molecular formula is C18H29N2O+. The molecule has 0 aromatic heterocycles. The number of anilines is 1. The van der Waals surface area contributed by atoms with Crippen LogP contribution in [0.3, 0.4) is 0 Å². The topological polar surface area (TPSA) is 33.5 Å². The second kappa shape index (κ2) is 7.08. The van der Waals surface area contributed by atoms with Gasteiger partial charge in [-0.25, -0.2) is 0 Å². The molecule has 1 fully saturated rings. The molecule has 1 heterocycles. The normalized spacial score (nSPS) is 27.1. The number of quaternary nitrogens is 1. The molecule has 1 unspecified atom stereocenters. The number of carbonyl (C=O) groups is 1. The van der Waals surface area contributed by atoms with Crippen LogP contribution >= 0.6 is 0 Å². The van der Waals surface area contributed by atoms with Crippen LogP contribution in [0.2, 0.25) is 0 Å². The highest BCUT2D eigenvalue weighted by Crippen LogP contribution is 2.13. The number of rotatable bonds is 4. The van der Waals surface area contributed by atoms with Gasteiger partial charge in [0.25, 0.3) is 5.91 Å². The van der Waals surface area contributed by atoms with Gasteiger partial charge >= 0.3 is 0 Å². The number of likely N-dealkylation sites (tertiary alicyclic amines) is 1. The van der Waals surface area contributed by atoms with E-state index < -0.39 is 0 Å². The van der Waals surface area contributed by atoms with Crippen molar-refractivity contribution >= 4 is 11.6 Å². The molecule has 1 aliphatic heterocycles. The Bertz CT molecular complexity index is 459. The van der Waals surface area contributed by atoms with Crippen molar-refractivity contribution in [3.63, 3.8) is 0 Å². The number of benzene rings is 1. The van der Waals surface area contributed by atoms with Gasteiger partial charge in [0.1, 0.15) is 0 Å². The standard InChI is InChI=1S/C18H28N2O/c1-5-16-6-8-17(9-7-16)19-18(21)15(4)20-11-13(2)10-14(3)12-20/h6-9,13-15H,5,10-12H2,1-4H3,(H,19,21)/p+1/t13-,14+,15-/m1/s1. The van der Waals surface area contributed by atoms with E-state index in [0.717, 1.165) is 25.2 Å². The minimum atomic E-state index is 0.0149. The van der Waals surface area contributed by atoms with Gasteiger partial charge in [-0.3, -0.25) is 4.79 Å². The molecular weight excluding hydrogens is 260 g/mol. The third kappa shape index (κ3) is 4.31. The summed E-state index contributed by atoms with van der Waals surface area (Å²) in [5.41, 5.74) is 2.20. The quantitative estimate of drug-likeness (QED) is 0.875. The number of carbonyl (C=O) groups excluding carboxylic acids is 1. The Morgan fingerprint density at radius 2 is 1.81 bits per heavy atom. The molecule has 3 heteroatoms. The lowest BCUT2D eigenvalue weighted by Gasteiger charge is -2.35. The first kappa shape index (κ1) is 16.0. The largest absolute Gasteiger partial charge is 0.324 e. The molecule has 2 rings (SSSR count). The van der Waals surface area contributed by atoms with Gasteiger partial charge in [0.15, 0.2) is 6.04 Å². The summed E-state index contributed by atoms with van der Waals surface area (Å²) in [6.45, 7) is 11.0. The zero-order valence-electron chi connectivity index (χ0n) is 13.8. The van der Waals surface area contributed by atoms with E-state index >= 15 is 0 Å². The van der Waals surface area contributed by atoms with Gasteiger partial charge in [0, 0.05) is 17.5 Å². The fraction of sp³-hybridized carbons (Fsp3) is 0.611. The Morgan fingerprint density at radius 1 is 1.24 bits per heavy atom. The molecule has 21 heavy (non-hydrogen) atoms. The minimum Gasteiger partial charge on any atom is -0.324 e. The van der Waals surface area contributed by atoms with Gasteiger partial charge in [-0.15, -0.1) is 0 Å². The van der Waals surface area contributed by atoms with Crippen molar-refractivity contribution in [1.82, 2.24) is 0 Å². The predicted molar refractivity (Wildman–Crippen MR) is 87.6 cm³/mol. The third-order valence-corrected chi connectivity index (χ3v) is 4.66. The monoisotopic (exact) mass is 289 g/mol. The molecule has 116 valence electrons. The molecule has 0 bridgehead atoms. The van der Waals surface area contributed by atoms with Crippen LogP contribution in [0.1, 0.15) is 39.7 Å². The third-order valence-electron chi connectivity index (χ3n) is 4.66. The van der Waals surface area contributed by atoms with Crippen LogP contribution in [0.25, 0.3) is 0 Å². The highest BCUT2D eigenvalue weighted by Gasteiger charge is 2.32. The second-order valence-electron chi connectivity index (χ2n) is 6.77. The summed E-state index contributed by atoms with van der Waals surface area (Å²) in [4.78, 5) is 13.9. The number of nitrogens with one attached hydrogen (secondary N) is 2. The maximum atomic E-state index is 12.4. The number of piperidine rings is 1. The summed E-state index contributed by atoms with van der Waals surface area (Å²) < 4.78 is 0. The Labute approximate surface area is 128 Å². The first-order valence-corrected chi connectivity index (χ1v) is 8.24. The Hall–Kier alpha value is -1.35. The molecule has 0 spiro atoms. The number of aryl methyl sites for hydroxylation is 1. The van der Waals surface area contributed by atoms with Crippen molar-refractivity contribution in [1.29, 1.82) is 0 Å². The maximum Gasteiger partial charge on any atom is 0.282 e. The summed E-state index contributed by atoms with van der Waals surface area (Å²) in [5, 5.41) is 3.06. The molecule has 1 aliphatic rings. The molecule has 0 radical (unpaired) electrons. The lowest BCUT2D eigenvalue weighted by molar-refractivity contribution is -0.925. The Morgan fingerprint density at radius 3 is 2.33 bits per heavy atom. The fourth-order valence-electron chi connectivity index (χ4n) is 3.45.